The van der Waals surface area contributed by atoms with Crippen molar-refractivity contribution in [1.82, 2.24) is 5.32 Å². The number of benzene rings is 1. The molecule has 1 heterocycles. The monoisotopic (exact) mass is 282 g/mol. The summed E-state index contributed by atoms with van der Waals surface area (Å²) in [4.78, 5) is 0. The standard InChI is InChI=1S/C14H22N2O4/c15-6-9(8-4-2-1-3-5-8)11-13(19)14(20)12(18)10(7-17)16-11/h1-5,9-14,16-20H,6-7,15H2. The molecular formula is C14H22N2O4. The van der Waals surface area contributed by atoms with Gasteiger partial charge in [0.2, 0.25) is 0 Å². The molecule has 0 radical (unpaired) electrons. The van der Waals surface area contributed by atoms with Gasteiger partial charge in [-0.2, -0.15) is 0 Å². The van der Waals surface area contributed by atoms with Crippen LogP contribution in [0.4, 0.5) is 0 Å². The summed E-state index contributed by atoms with van der Waals surface area (Å²) in [5.41, 5.74) is 6.74. The molecule has 6 heteroatoms. The van der Waals surface area contributed by atoms with Gasteiger partial charge in [-0.1, -0.05) is 30.3 Å². The van der Waals surface area contributed by atoms with Crippen molar-refractivity contribution in [3.63, 3.8) is 0 Å². The Kier molecular flexibility index (Phi) is 5.09. The third-order valence-corrected chi connectivity index (χ3v) is 4.00. The van der Waals surface area contributed by atoms with Crippen molar-refractivity contribution >= 4 is 0 Å². The summed E-state index contributed by atoms with van der Waals surface area (Å²) < 4.78 is 0. The highest BCUT2D eigenvalue weighted by atomic mass is 16.4. The average molecular weight is 282 g/mol. The van der Waals surface area contributed by atoms with Crippen LogP contribution in [0, 0.1) is 0 Å². The molecule has 1 aliphatic heterocycles. The molecular weight excluding hydrogens is 260 g/mol. The summed E-state index contributed by atoms with van der Waals surface area (Å²) in [5, 5.41) is 42.1. The molecule has 1 saturated heterocycles. The lowest BCUT2D eigenvalue weighted by Crippen LogP contribution is -2.67. The fraction of sp³-hybridized carbons (Fsp3) is 0.571. The van der Waals surface area contributed by atoms with E-state index in [0.29, 0.717) is 0 Å². The Morgan fingerprint density at radius 1 is 1.05 bits per heavy atom. The Balaban J connectivity index is 2.24. The van der Waals surface area contributed by atoms with E-state index in [0.717, 1.165) is 5.56 Å². The zero-order valence-corrected chi connectivity index (χ0v) is 11.1. The first kappa shape index (κ1) is 15.4. The predicted octanol–water partition coefficient (Wildman–Crippen LogP) is -1.86. The normalized spacial score (nSPS) is 35.8. The van der Waals surface area contributed by atoms with Gasteiger partial charge in [-0.05, 0) is 5.56 Å². The van der Waals surface area contributed by atoms with E-state index >= 15 is 0 Å². The molecule has 0 spiro atoms. The van der Waals surface area contributed by atoms with Crippen LogP contribution < -0.4 is 11.1 Å². The molecule has 6 nitrogen and oxygen atoms in total. The molecule has 0 bridgehead atoms. The van der Waals surface area contributed by atoms with Crippen molar-refractivity contribution in [2.75, 3.05) is 13.2 Å². The SMILES string of the molecule is NCC(c1ccccc1)C1NC(CO)C(O)C(O)C1O. The Labute approximate surface area is 117 Å². The number of hydrogen-bond acceptors (Lipinski definition) is 6. The maximum Gasteiger partial charge on any atom is 0.109 e. The highest BCUT2D eigenvalue weighted by Crippen LogP contribution is 2.27. The highest BCUT2D eigenvalue weighted by Gasteiger charge is 2.44. The number of nitrogens with one attached hydrogen (secondary N) is 1. The van der Waals surface area contributed by atoms with Gasteiger partial charge in [-0.3, -0.25) is 0 Å². The van der Waals surface area contributed by atoms with Crippen LogP contribution in [0.3, 0.4) is 0 Å². The van der Waals surface area contributed by atoms with Gasteiger partial charge in [0, 0.05) is 18.5 Å². The van der Waals surface area contributed by atoms with Crippen LogP contribution in [-0.4, -0.2) is 64.0 Å². The number of aliphatic hydroxyl groups excluding tert-OH is 4. The molecule has 0 saturated carbocycles. The van der Waals surface area contributed by atoms with E-state index in [-0.39, 0.29) is 19.1 Å². The van der Waals surface area contributed by atoms with Crippen molar-refractivity contribution in [2.45, 2.75) is 36.3 Å². The lowest BCUT2D eigenvalue weighted by Gasteiger charge is -2.44. The van der Waals surface area contributed by atoms with E-state index in [1.807, 2.05) is 30.3 Å². The first-order valence-corrected chi connectivity index (χ1v) is 6.76. The quantitative estimate of drug-likeness (QED) is 0.386. The molecule has 112 valence electrons. The molecule has 0 amide bonds. The largest absolute Gasteiger partial charge is 0.395 e. The van der Waals surface area contributed by atoms with Gasteiger partial charge in [0.05, 0.1) is 24.9 Å². The Hall–Kier alpha value is -1.02. The maximum absolute atomic E-state index is 10.2. The topological polar surface area (TPSA) is 119 Å². The Morgan fingerprint density at radius 2 is 1.70 bits per heavy atom. The number of piperidine rings is 1. The fourth-order valence-electron chi connectivity index (χ4n) is 2.80. The second kappa shape index (κ2) is 6.62. The molecule has 1 fully saturated rings. The van der Waals surface area contributed by atoms with Gasteiger partial charge < -0.3 is 31.5 Å². The summed E-state index contributed by atoms with van der Waals surface area (Å²) in [6.07, 6.45) is -3.67. The Morgan fingerprint density at radius 3 is 2.25 bits per heavy atom. The summed E-state index contributed by atoms with van der Waals surface area (Å²) in [6.45, 7) is -0.0484. The third kappa shape index (κ3) is 2.85. The summed E-state index contributed by atoms with van der Waals surface area (Å²) in [5.74, 6) is -0.220. The first-order valence-electron chi connectivity index (χ1n) is 6.76. The zero-order valence-electron chi connectivity index (χ0n) is 11.1. The van der Waals surface area contributed by atoms with E-state index in [4.69, 9.17) is 5.73 Å². The summed E-state index contributed by atoms with van der Waals surface area (Å²) >= 11 is 0. The number of hydrogen-bond donors (Lipinski definition) is 6. The third-order valence-electron chi connectivity index (χ3n) is 4.00. The van der Waals surface area contributed by atoms with Gasteiger partial charge in [-0.25, -0.2) is 0 Å². The van der Waals surface area contributed by atoms with Gasteiger partial charge in [0.15, 0.2) is 0 Å². The van der Waals surface area contributed by atoms with E-state index in [1.165, 1.54) is 0 Å². The fourth-order valence-corrected chi connectivity index (χ4v) is 2.80. The Bertz CT molecular complexity index is 415. The molecule has 7 N–H and O–H groups in total. The molecule has 1 aromatic rings. The molecule has 20 heavy (non-hydrogen) atoms. The van der Waals surface area contributed by atoms with E-state index in [2.05, 4.69) is 5.32 Å². The molecule has 0 aromatic heterocycles. The van der Waals surface area contributed by atoms with Crippen molar-refractivity contribution in [3.8, 4) is 0 Å². The van der Waals surface area contributed by atoms with Crippen LogP contribution >= 0.6 is 0 Å². The zero-order chi connectivity index (χ0) is 14.7. The van der Waals surface area contributed by atoms with E-state index in [1.54, 1.807) is 0 Å². The summed E-state index contributed by atoms with van der Waals surface area (Å²) in [7, 11) is 0. The molecule has 0 aliphatic carbocycles. The van der Waals surface area contributed by atoms with Crippen molar-refractivity contribution in [1.29, 1.82) is 0 Å². The number of nitrogens with two attached hydrogens (primary N) is 1. The molecule has 6 atom stereocenters. The maximum atomic E-state index is 10.2. The van der Waals surface area contributed by atoms with Crippen LogP contribution in [-0.2, 0) is 0 Å². The minimum atomic E-state index is -1.31. The lowest BCUT2D eigenvalue weighted by molar-refractivity contribution is -0.122. The minimum Gasteiger partial charge on any atom is -0.395 e. The van der Waals surface area contributed by atoms with Gasteiger partial charge in [-0.15, -0.1) is 0 Å². The van der Waals surface area contributed by atoms with Gasteiger partial charge in [0.25, 0.3) is 0 Å². The van der Waals surface area contributed by atoms with Gasteiger partial charge in [0.1, 0.15) is 6.10 Å². The highest BCUT2D eigenvalue weighted by molar-refractivity contribution is 5.23. The van der Waals surface area contributed by atoms with Crippen molar-refractivity contribution in [2.24, 2.45) is 5.73 Å². The van der Waals surface area contributed by atoms with Crippen LogP contribution in [0.1, 0.15) is 11.5 Å². The van der Waals surface area contributed by atoms with Crippen LogP contribution in [0.2, 0.25) is 0 Å². The second-order valence-electron chi connectivity index (χ2n) is 5.21. The minimum absolute atomic E-state index is 0.220. The molecule has 1 aromatic carbocycles. The van der Waals surface area contributed by atoms with E-state index < -0.39 is 30.4 Å². The second-order valence-corrected chi connectivity index (χ2v) is 5.21. The average Bonchev–Trinajstić information content (AvgIpc) is 2.49. The lowest BCUT2D eigenvalue weighted by atomic mass is 9.80. The number of aliphatic hydroxyl groups is 4. The van der Waals surface area contributed by atoms with E-state index in [9.17, 15) is 20.4 Å². The predicted molar refractivity (Wildman–Crippen MR) is 74.1 cm³/mol. The smallest absolute Gasteiger partial charge is 0.109 e. The van der Waals surface area contributed by atoms with Crippen LogP contribution in [0.25, 0.3) is 0 Å². The molecule has 1 aliphatic rings. The number of rotatable bonds is 4. The van der Waals surface area contributed by atoms with Crippen LogP contribution in [0.5, 0.6) is 0 Å². The summed E-state index contributed by atoms with van der Waals surface area (Å²) in [6, 6.07) is 8.23. The van der Waals surface area contributed by atoms with Crippen molar-refractivity contribution < 1.29 is 20.4 Å². The first-order chi connectivity index (χ1) is 9.60. The molecule has 2 rings (SSSR count). The van der Waals surface area contributed by atoms with Crippen molar-refractivity contribution in [3.05, 3.63) is 35.9 Å². The van der Waals surface area contributed by atoms with Crippen LogP contribution in [0.15, 0.2) is 30.3 Å². The van der Waals surface area contributed by atoms with Gasteiger partial charge >= 0.3 is 0 Å². The molecule has 6 unspecified atom stereocenters.